The molecule has 7 nitrogen and oxygen atoms in total. The number of hydrogen-bond donors (Lipinski definition) is 2. The lowest BCUT2D eigenvalue weighted by Gasteiger charge is -2.34. The third kappa shape index (κ3) is 4.66. The normalized spacial score (nSPS) is 29.7. The van der Waals surface area contributed by atoms with Gasteiger partial charge in [0.05, 0.1) is 11.3 Å². The molecule has 0 radical (unpaired) electrons. The van der Waals surface area contributed by atoms with E-state index < -0.39 is 19.3 Å². The van der Waals surface area contributed by atoms with Crippen molar-refractivity contribution in [3.63, 3.8) is 0 Å². The summed E-state index contributed by atoms with van der Waals surface area (Å²) in [4.78, 5) is 14.5. The molecule has 2 N–H and O–H groups in total. The molecule has 0 saturated carbocycles. The standard InChI is InChI=1S/C17H23ClN4O3S2/c1-13-11-19-8-9-22(13)16(23)10-14-12-26(2,18)17(20-14)21-27(24,25)15-6-4-3-5-7-15/h3-7,12-13,19H,8-11H2,1-2H3,(H,20,21). The highest BCUT2D eigenvalue weighted by Crippen LogP contribution is 2.56. The van der Waals surface area contributed by atoms with Gasteiger partial charge >= 0.3 is 0 Å². The third-order valence-corrected chi connectivity index (χ3v) is 8.21. The first kappa shape index (κ1) is 20.2. The van der Waals surface area contributed by atoms with Crippen LogP contribution < -0.4 is 10.6 Å². The zero-order valence-electron chi connectivity index (χ0n) is 15.2. The SMILES string of the molecule is CC1CNCCN1C(=O)CC1=CS(C)(Cl)/C(=N/S(=O)(=O)c2ccccc2)N1. The molecule has 0 aliphatic carbocycles. The molecule has 2 aliphatic rings. The Balaban J connectivity index is 1.76. The zero-order chi connectivity index (χ0) is 19.7. The number of carbonyl (C=O) groups excluding carboxylic acids is 1. The Morgan fingerprint density at radius 2 is 2.07 bits per heavy atom. The van der Waals surface area contributed by atoms with Crippen LogP contribution in [0, 0.1) is 0 Å². The molecule has 2 heterocycles. The van der Waals surface area contributed by atoms with E-state index in [1.165, 1.54) is 12.1 Å². The van der Waals surface area contributed by atoms with E-state index in [9.17, 15) is 13.2 Å². The first-order valence-corrected chi connectivity index (χ1v) is 12.9. The number of nitrogens with zero attached hydrogens (tertiary/aromatic N) is 2. The van der Waals surface area contributed by atoms with Gasteiger partial charge in [0.25, 0.3) is 10.0 Å². The third-order valence-electron chi connectivity index (χ3n) is 4.42. The summed E-state index contributed by atoms with van der Waals surface area (Å²) in [5, 5.41) is 8.13. The number of amidine groups is 1. The lowest BCUT2D eigenvalue weighted by Crippen LogP contribution is -2.52. The molecule has 1 aromatic rings. The average Bonchev–Trinajstić information content (AvgIpc) is 2.88. The van der Waals surface area contributed by atoms with Gasteiger partial charge < -0.3 is 15.5 Å². The van der Waals surface area contributed by atoms with Crippen LogP contribution in [-0.2, 0) is 14.8 Å². The molecule has 1 fully saturated rings. The Labute approximate surface area is 165 Å². The molecule has 1 amide bonds. The second kappa shape index (κ2) is 7.83. The maximum Gasteiger partial charge on any atom is 0.284 e. The highest BCUT2D eigenvalue weighted by molar-refractivity contribution is 8.62. The average molecular weight is 431 g/mol. The van der Waals surface area contributed by atoms with Crippen LogP contribution in [0.3, 0.4) is 0 Å². The molecular formula is C17H23ClN4O3S2. The van der Waals surface area contributed by atoms with Crippen LogP contribution in [0.1, 0.15) is 13.3 Å². The minimum Gasteiger partial charge on any atom is -0.337 e. The molecule has 3 rings (SSSR count). The molecule has 1 aromatic carbocycles. The smallest absolute Gasteiger partial charge is 0.284 e. The molecular weight excluding hydrogens is 408 g/mol. The van der Waals surface area contributed by atoms with Crippen molar-refractivity contribution in [2.24, 2.45) is 4.40 Å². The first-order chi connectivity index (χ1) is 12.7. The summed E-state index contributed by atoms with van der Waals surface area (Å²) in [5.74, 6) is -0.0122. The van der Waals surface area contributed by atoms with Crippen LogP contribution in [-0.4, -0.2) is 56.3 Å². The molecule has 2 atom stereocenters. The first-order valence-electron chi connectivity index (χ1n) is 8.55. The molecule has 148 valence electrons. The molecule has 0 aromatic heterocycles. The maximum atomic E-state index is 12.6. The summed E-state index contributed by atoms with van der Waals surface area (Å²) < 4.78 is 28.9. The van der Waals surface area contributed by atoms with Crippen LogP contribution in [0.15, 0.2) is 50.7 Å². The van der Waals surface area contributed by atoms with E-state index in [0.717, 1.165) is 13.1 Å². The summed E-state index contributed by atoms with van der Waals surface area (Å²) in [6.45, 7) is 4.18. The van der Waals surface area contributed by atoms with E-state index in [4.69, 9.17) is 10.7 Å². The predicted octanol–water partition coefficient (Wildman–Crippen LogP) is 1.97. The highest BCUT2D eigenvalue weighted by Gasteiger charge is 2.33. The van der Waals surface area contributed by atoms with Crippen molar-refractivity contribution in [1.29, 1.82) is 0 Å². The van der Waals surface area contributed by atoms with Crippen molar-refractivity contribution in [3.05, 3.63) is 41.4 Å². The number of nitrogens with one attached hydrogen (secondary N) is 2. The van der Waals surface area contributed by atoms with Crippen LogP contribution in [0.4, 0.5) is 0 Å². The molecule has 0 spiro atoms. The Morgan fingerprint density at radius 3 is 2.74 bits per heavy atom. The predicted molar refractivity (Wildman–Crippen MR) is 110 cm³/mol. The van der Waals surface area contributed by atoms with Crippen LogP contribution in [0.2, 0.25) is 0 Å². The Hall–Kier alpha value is -1.55. The van der Waals surface area contributed by atoms with Gasteiger partial charge in [0.15, 0.2) is 5.17 Å². The molecule has 1 saturated heterocycles. The number of carbonyl (C=O) groups is 1. The van der Waals surface area contributed by atoms with E-state index in [1.54, 1.807) is 29.9 Å². The van der Waals surface area contributed by atoms with E-state index in [-0.39, 0.29) is 28.4 Å². The Kier molecular flexibility index (Phi) is 5.85. The maximum absolute atomic E-state index is 12.6. The quantitative estimate of drug-likeness (QED) is 0.762. The van der Waals surface area contributed by atoms with E-state index in [0.29, 0.717) is 12.2 Å². The topological polar surface area (TPSA) is 90.9 Å². The van der Waals surface area contributed by atoms with Gasteiger partial charge in [0, 0.05) is 31.4 Å². The molecule has 2 aliphatic heterocycles. The van der Waals surface area contributed by atoms with Gasteiger partial charge in [-0.05, 0) is 30.7 Å². The summed E-state index contributed by atoms with van der Waals surface area (Å²) in [6.07, 6.45) is 1.87. The number of amides is 1. The summed E-state index contributed by atoms with van der Waals surface area (Å²) >= 11 is 0. The number of rotatable bonds is 4. The van der Waals surface area contributed by atoms with Crippen LogP contribution in [0.5, 0.6) is 0 Å². The van der Waals surface area contributed by atoms with E-state index in [2.05, 4.69) is 15.0 Å². The van der Waals surface area contributed by atoms with Crippen molar-refractivity contribution >= 4 is 41.0 Å². The van der Waals surface area contributed by atoms with E-state index in [1.807, 2.05) is 11.8 Å². The fourth-order valence-corrected chi connectivity index (χ4v) is 6.56. The van der Waals surface area contributed by atoms with Crippen LogP contribution in [0.25, 0.3) is 0 Å². The second-order valence-corrected chi connectivity index (χ2v) is 12.6. The Bertz CT molecular complexity index is 885. The monoisotopic (exact) mass is 430 g/mol. The Morgan fingerprint density at radius 1 is 1.37 bits per heavy atom. The second-order valence-electron chi connectivity index (χ2n) is 6.65. The number of piperazine rings is 1. The fourth-order valence-electron chi connectivity index (χ4n) is 3.00. The molecule has 2 unspecified atom stereocenters. The van der Waals surface area contributed by atoms with E-state index >= 15 is 0 Å². The number of hydrogen-bond acceptors (Lipinski definition) is 4. The van der Waals surface area contributed by atoms with Gasteiger partial charge in [-0.2, -0.15) is 8.42 Å². The number of halogens is 1. The highest BCUT2D eigenvalue weighted by atomic mass is 35.7. The van der Waals surface area contributed by atoms with Gasteiger partial charge in [-0.15, -0.1) is 4.40 Å². The largest absolute Gasteiger partial charge is 0.337 e. The van der Waals surface area contributed by atoms with Crippen molar-refractivity contribution in [2.75, 3.05) is 25.9 Å². The summed E-state index contributed by atoms with van der Waals surface area (Å²) in [5.41, 5.74) is 0.597. The molecule has 0 bridgehead atoms. The lowest BCUT2D eigenvalue weighted by molar-refractivity contribution is -0.133. The summed E-state index contributed by atoms with van der Waals surface area (Å²) in [6, 6.07) is 8.10. The summed E-state index contributed by atoms with van der Waals surface area (Å²) in [7, 11) is 0.583. The zero-order valence-corrected chi connectivity index (χ0v) is 17.6. The van der Waals surface area contributed by atoms with Gasteiger partial charge in [-0.25, -0.2) is 0 Å². The fraction of sp³-hybridized carbons (Fsp3) is 0.412. The van der Waals surface area contributed by atoms with Gasteiger partial charge in [0.2, 0.25) is 5.91 Å². The molecule has 27 heavy (non-hydrogen) atoms. The minimum absolute atomic E-state index is 0.0122. The number of sulfonamides is 1. The van der Waals surface area contributed by atoms with Crippen LogP contribution >= 0.6 is 19.9 Å². The molecule has 10 heteroatoms. The van der Waals surface area contributed by atoms with Crippen molar-refractivity contribution in [1.82, 2.24) is 15.5 Å². The van der Waals surface area contributed by atoms with Crippen molar-refractivity contribution in [2.45, 2.75) is 24.3 Å². The van der Waals surface area contributed by atoms with Gasteiger partial charge in [-0.1, -0.05) is 38.1 Å². The number of benzene rings is 1. The minimum atomic E-state index is -3.87. The van der Waals surface area contributed by atoms with Gasteiger partial charge in [0.1, 0.15) is 0 Å². The van der Waals surface area contributed by atoms with Crippen molar-refractivity contribution < 1.29 is 13.2 Å². The van der Waals surface area contributed by atoms with Crippen molar-refractivity contribution in [3.8, 4) is 0 Å². The van der Waals surface area contributed by atoms with Gasteiger partial charge in [-0.3, -0.25) is 4.79 Å². The lowest BCUT2D eigenvalue weighted by atomic mass is 10.2.